The summed E-state index contributed by atoms with van der Waals surface area (Å²) >= 11 is 3.36. The zero-order valence-electron chi connectivity index (χ0n) is 9.16. The van der Waals surface area contributed by atoms with E-state index in [1.165, 1.54) is 0 Å². The number of carboxylic acid groups (broad SMARTS) is 1. The first-order chi connectivity index (χ1) is 7.51. The first-order valence-corrected chi connectivity index (χ1v) is 5.63. The summed E-state index contributed by atoms with van der Waals surface area (Å²) in [5, 5.41) is 11.7. The van der Waals surface area contributed by atoms with Gasteiger partial charge >= 0.3 is 5.97 Å². The van der Waals surface area contributed by atoms with Gasteiger partial charge in [-0.1, -0.05) is 15.9 Å². The lowest BCUT2D eigenvalue weighted by atomic mass is 10.2. The molecule has 0 saturated carbocycles. The van der Waals surface area contributed by atoms with Gasteiger partial charge in [-0.2, -0.15) is 0 Å². The van der Waals surface area contributed by atoms with E-state index in [1.54, 1.807) is 7.11 Å². The maximum atomic E-state index is 10.5. The Balaban J connectivity index is 2.72. The summed E-state index contributed by atoms with van der Waals surface area (Å²) < 4.78 is 6.00. The molecule has 5 heteroatoms. The van der Waals surface area contributed by atoms with Gasteiger partial charge in [-0.25, -0.2) is 0 Å². The second-order valence-electron chi connectivity index (χ2n) is 3.52. The first kappa shape index (κ1) is 12.8. The average molecular weight is 288 g/mol. The van der Waals surface area contributed by atoms with Crippen molar-refractivity contribution in [1.82, 2.24) is 0 Å². The van der Waals surface area contributed by atoms with Crippen LogP contribution in [0.25, 0.3) is 0 Å². The van der Waals surface area contributed by atoms with Crippen LogP contribution >= 0.6 is 15.9 Å². The third kappa shape index (κ3) is 4.10. The van der Waals surface area contributed by atoms with Crippen LogP contribution in [0.3, 0.4) is 0 Å². The number of rotatable bonds is 5. The summed E-state index contributed by atoms with van der Waals surface area (Å²) in [4.78, 5) is 10.5. The van der Waals surface area contributed by atoms with Gasteiger partial charge in [0.1, 0.15) is 5.75 Å². The molecule has 0 spiro atoms. The SMILES string of the molecule is COc1cc(Br)cc(NC(C)CC(=O)O)c1. The van der Waals surface area contributed by atoms with Gasteiger partial charge in [0, 0.05) is 22.3 Å². The third-order valence-electron chi connectivity index (χ3n) is 2.00. The maximum Gasteiger partial charge on any atom is 0.305 e. The molecule has 88 valence electrons. The number of nitrogens with one attached hydrogen (secondary N) is 1. The minimum absolute atomic E-state index is 0.0782. The minimum Gasteiger partial charge on any atom is -0.497 e. The summed E-state index contributed by atoms with van der Waals surface area (Å²) in [5.41, 5.74) is 0.833. The number of ether oxygens (including phenoxy) is 1. The fourth-order valence-electron chi connectivity index (χ4n) is 1.36. The normalized spacial score (nSPS) is 11.9. The molecule has 0 fully saturated rings. The maximum absolute atomic E-state index is 10.5. The van der Waals surface area contributed by atoms with Crippen LogP contribution in [0, 0.1) is 0 Å². The Morgan fingerprint density at radius 2 is 2.25 bits per heavy atom. The van der Waals surface area contributed by atoms with Crippen molar-refractivity contribution < 1.29 is 14.6 Å². The van der Waals surface area contributed by atoms with Crippen LogP contribution in [-0.2, 0) is 4.79 Å². The number of methoxy groups -OCH3 is 1. The van der Waals surface area contributed by atoms with Gasteiger partial charge in [-0.05, 0) is 19.1 Å². The Bertz CT molecular complexity index is 381. The average Bonchev–Trinajstić information content (AvgIpc) is 2.14. The highest BCUT2D eigenvalue weighted by Crippen LogP contribution is 2.25. The van der Waals surface area contributed by atoms with E-state index in [0.717, 1.165) is 15.9 Å². The molecule has 0 bridgehead atoms. The molecule has 1 rings (SSSR count). The summed E-state index contributed by atoms with van der Waals surface area (Å²) in [6.07, 6.45) is 0.0782. The van der Waals surface area contributed by atoms with Crippen LogP contribution in [-0.4, -0.2) is 24.2 Å². The van der Waals surface area contributed by atoms with Gasteiger partial charge in [0.2, 0.25) is 0 Å². The number of anilines is 1. The number of aliphatic carboxylic acids is 1. The second-order valence-corrected chi connectivity index (χ2v) is 4.44. The largest absolute Gasteiger partial charge is 0.497 e. The standard InChI is InChI=1S/C11H14BrNO3/c1-7(3-11(14)15)13-9-4-8(12)5-10(6-9)16-2/h4-7,13H,3H2,1-2H3,(H,14,15). The molecule has 2 N–H and O–H groups in total. The fraction of sp³-hybridized carbons (Fsp3) is 0.364. The first-order valence-electron chi connectivity index (χ1n) is 4.84. The van der Waals surface area contributed by atoms with Gasteiger partial charge in [0.05, 0.1) is 13.5 Å². The van der Waals surface area contributed by atoms with E-state index in [4.69, 9.17) is 9.84 Å². The zero-order valence-corrected chi connectivity index (χ0v) is 10.7. The number of carbonyl (C=O) groups is 1. The van der Waals surface area contributed by atoms with E-state index in [-0.39, 0.29) is 12.5 Å². The number of halogens is 1. The summed E-state index contributed by atoms with van der Waals surface area (Å²) in [6.45, 7) is 1.82. The van der Waals surface area contributed by atoms with Crippen molar-refractivity contribution in [2.24, 2.45) is 0 Å². The second kappa shape index (κ2) is 5.75. The Labute approximate surface area is 103 Å². The van der Waals surface area contributed by atoms with E-state index < -0.39 is 5.97 Å². The van der Waals surface area contributed by atoms with Gasteiger partial charge in [-0.15, -0.1) is 0 Å². The Morgan fingerprint density at radius 1 is 1.56 bits per heavy atom. The van der Waals surface area contributed by atoms with Crippen molar-refractivity contribution in [1.29, 1.82) is 0 Å². The molecule has 4 nitrogen and oxygen atoms in total. The van der Waals surface area contributed by atoms with Crippen molar-refractivity contribution >= 4 is 27.6 Å². The molecule has 0 saturated heterocycles. The molecular weight excluding hydrogens is 274 g/mol. The highest BCUT2D eigenvalue weighted by Gasteiger charge is 2.08. The van der Waals surface area contributed by atoms with Crippen LogP contribution in [0.15, 0.2) is 22.7 Å². The Hall–Kier alpha value is -1.23. The molecule has 1 unspecified atom stereocenters. The Kier molecular flexibility index (Phi) is 4.61. The molecule has 0 aliphatic carbocycles. The molecule has 1 atom stereocenters. The number of hydrogen-bond donors (Lipinski definition) is 2. The molecular formula is C11H14BrNO3. The summed E-state index contributed by atoms with van der Waals surface area (Å²) in [6, 6.07) is 5.41. The number of carboxylic acids is 1. The smallest absolute Gasteiger partial charge is 0.305 e. The van der Waals surface area contributed by atoms with Crippen molar-refractivity contribution in [2.45, 2.75) is 19.4 Å². The quantitative estimate of drug-likeness (QED) is 0.874. The minimum atomic E-state index is -0.818. The van der Waals surface area contributed by atoms with Crippen molar-refractivity contribution in [3.63, 3.8) is 0 Å². The lowest BCUT2D eigenvalue weighted by Gasteiger charge is -2.14. The van der Waals surface area contributed by atoms with E-state index in [9.17, 15) is 4.79 Å². The van der Waals surface area contributed by atoms with Gasteiger partial charge < -0.3 is 15.2 Å². The molecule has 0 aliphatic heterocycles. The fourth-order valence-corrected chi connectivity index (χ4v) is 1.83. The van der Waals surface area contributed by atoms with Gasteiger partial charge in [0.25, 0.3) is 0 Å². The van der Waals surface area contributed by atoms with E-state index in [2.05, 4.69) is 21.2 Å². The molecule has 1 aromatic rings. The molecule has 0 aliphatic rings. The monoisotopic (exact) mass is 287 g/mol. The summed E-state index contributed by atoms with van der Waals surface area (Å²) in [5.74, 6) is -0.0960. The molecule has 1 aromatic carbocycles. The van der Waals surface area contributed by atoms with Gasteiger partial charge in [-0.3, -0.25) is 4.79 Å². The van der Waals surface area contributed by atoms with Crippen LogP contribution in [0.2, 0.25) is 0 Å². The van der Waals surface area contributed by atoms with Crippen molar-refractivity contribution in [3.05, 3.63) is 22.7 Å². The van der Waals surface area contributed by atoms with Crippen LogP contribution in [0.1, 0.15) is 13.3 Å². The summed E-state index contributed by atoms with van der Waals surface area (Å²) in [7, 11) is 1.59. The van der Waals surface area contributed by atoms with Crippen LogP contribution < -0.4 is 10.1 Å². The lowest BCUT2D eigenvalue weighted by Crippen LogP contribution is -2.19. The number of hydrogen-bond acceptors (Lipinski definition) is 3. The van der Waals surface area contributed by atoms with Crippen molar-refractivity contribution in [3.8, 4) is 5.75 Å². The topological polar surface area (TPSA) is 58.6 Å². The van der Waals surface area contributed by atoms with E-state index >= 15 is 0 Å². The zero-order chi connectivity index (χ0) is 12.1. The van der Waals surface area contributed by atoms with E-state index in [1.807, 2.05) is 25.1 Å². The lowest BCUT2D eigenvalue weighted by molar-refractivity contribution is -0.137. The highest BCUT2D eigenvalue weighted by molar-refractivity contribution is 9.10. The van der Waals surface area contributed by atoms with E-state index in [0.29, 0.717) is 0 Å². The molecule has 0 heterocycles. The Morgan fingerprint density at radius 3 is 2.81 bits per heavy atom. The highest BCUT2D eigenvalue weighted by atomic mass is 79.9. The molecule has 0 amide bonds. The molecule has 16 heavy (non-hydrogen) atoms. The van der Waals surface area contributed by atoms with Gasteiger partial charge in [0.15, 0.2) is 0 Å². The van der Waals surface area contributed by atoms with Crippen LogP contribution in [0.4, 0.5) is 5.69 Å². The van der Waals surface area contributed by atoms with Crippen molar-refractivity contribution in [2.75, 3.05) is 12.4 Å². The molecule has 0 aromatic heterocycles. The number of benzene rings is 1. The third-order valence-corrected chi connectivity index (χ3v) is 2.46. The van der Waals surface area contributed by atoms with Crippen LogP contribution in [0.5, 0.6) is 5.75 Å². The predicted octanol–water partition coefficient (Wildman–Crippen LogP) is 2.73. The molecule has 0 radical (unpaired) electrons. The predicted molar refractivity (Wildman–Crippen MR) is 66.0 cm³/mol.